The predicted octanol–water partition coefficient (Wildman–Crippen LogP) is 2.25. The van der Waals surface area contributed by atoms with Gasteiger partial charge in [-0.15, -0.1) is 0 Å². The summed E-state index contributed by atoms with van der Waals surface area (Å²) in [5, 5.41) is 2.60. The quantitative estimate of drug-likeness (QED) is 0.529. The van der Waals surface area contributed by atoms with Crippen molar-refractivity contribution in [3.63, 3.8) is 0 Å². The van der Waals surface area contributed by atoms with Crippen molar-refractivity contribution in [3.05, 3.63) is 35.9 Å². The minimum atomic E-state index is -0.745. The summed E-state index contributed by atoms with van der Waals surface area (Å²) < 4.78 is 22.1. The van der Waals surface area contributed by atoms with Crippen LogP contribution in [0.4, 0.5) is 4.39 Å². The van der Waals surface area contributed by atoms with Crippen molar-refractivity contribution >= 4 is 11.9 Å². The summed E-state index contributed by atoms with van der Waals surface area (Å²) in [5.74, 6) is -1.02. The molecule has 1 amide bonds. The first-order chi connectivity index (χ1) is 11.1. The number of hydrogen-bond donors (Lipinski definition) is 1. The molecule has 0 saturated carbocycles. The van der Waals surface area contributed by atoms with Gasteiger partial charge in [-0.2, -0.15) is 0 Å². The van der Waals surface area contributed by atoms with Gasteiger partial charge in [-0.3, -0.25) is 4.79 Å². The van der Waals surface area contributed by atoms with Crippen LogP contribution in [0, 0.1) is 5.92 Å². The number of carbonyl (C=O) groups excluding carboxylic acids is 2. The molecule has 1 aromatic rings. The first-order valence-electron chi connectivity index (χ1n) is 7.72. The zero-order chi connectivity index (χ0) is 17.1. The lowest BCUT2D eigenvalue weighted by Crippen LogP contribution is -2.47. The second-order valence-corrected chi connectivity index (χ2v) is 5.27. The van der Waals surface area contributed by atoms with E-state index in [2.05, 4.69) is 5.32 Å². The molecule has 1 N–H and O–H groups in total. The molecule has 0 heterocycles. The van der Waals surface area contributed by atoms with E-state index in [-0.39, 0.29) is 25.7 Å². The zero-order valence-corrected chi connectivity index (χ0v) is 13.6. The smallest absolute Gasteiger partial charge is 0.329 e. The van der Waals surface area contributed by atoms with Crippen LogP contribution in [0.5, 0.6) is 0 Å². The Kier molecular flexibility index (Phi) is 8.90. The van der Waals surface area contributed by atoms with Crippen LogP contribution in [-0.4, -0.2) is 37.8 Å². The van der Waals surface area contributed by atoms with Crippen molar-refractivity contribution in [2.75, 3.05) is 19.9 Å². The number of amides is 1. The van der Waals surface area contributed by atoms with Crippen molar-refractivity contribution in [2.24, 2.45) is 5.92 Å². The van der Waals surface area contributed by atoms with Gasteiger partial charge in [0.25, 0.3) is 0 Å². The third kappa shape index (κ3) is 7.23. The molecule has 1 rings (SSSR count). The number of ether oxygens (including phenoxy) is 2. The van der Waals surface area contributed by atoms with Crippen LogP contribution in [0.25, 0.3) is 0 Å². The Balaban J connectivity index is 2.55. The van der Waals surface area contributed by atoms with Crippen LogP contribution in [0.2, 0.25) is 0 Å². The maximum atomic E-state index is 12.2. The van der Waals surface area contributed by atoms with E-state index in [4.69, 9.17) is 9.47 Å². The number of hydrogen-bond acceptors (Lipinski definition) is 4. The van der Waals surface area contributed by atoms with E-state index in [0.29, 0.717) is 6.42 Å². The minimum absolute atomic E-state index is 0.0802. The van der Waals surface area contributed by atoms with E-state index >= 15 is 0 Å². The van der Waals surface area contributed by atoms with Gasteiger partial charge >= 0.3 is 5.97 Å². The van der Waals surface area contributed by atoms with Crippen molar-refractivity contribution in [2.45, 2.75) is 32.9 Å². The van der Waals surface area contributed by atoms with E-state index in [1.165, 1.54) is 0 Å². The van der Waals surface area contributed by atoms with E-state index in [0.717, 1.165) is 5.56 Å². The summed E-state index contributed by atoms with van der Waals surface area (Å²) in [7, 11) is 0. The predicted molar refractivity (Wildman–Crippen MR) is 84.4 cm³/mol. The molecule has 0 radical (unpaired) electrons. The third-order valence-electron chi connectivity index (χ3n) is 3.46. The topological polar surface area (TPSA) is 64.6 Å². The molecule has 0 spiro atoms. The number of carbonyl (C=O) groups is 2. The molecule has 2 unspecified atom stereocenters. The second-order valence-electron chi connectivity index (χ2n) is 5.27. The Morgan fingerprint density at radius 2 is 1.96 bits per heavy atom. The number of esters is 1. The van der Waals surface area contributed by atoms with E-state index < -0.39 is 24.6 Å². The fourth-order valence-corrected chi connectivity index (χ4v) is 1.92. The van der Waals surface area contributed by atoms with Gasteiger partial charge in [0.15, 0.2) is 0 Å². The molecule has 23 heavy (non-hydrogen) atoms. The number of alkyl halides is 1. The lowest BCUT2D eigenvalue weighted by molar-refractivity contribution is -0.151. The first-order valence-corrected chi connectivity index (χ1v) is 7.72. The van der Waals surface area contributed by atoms with Crippen LogP contribution >= 0.6 is 0 Å². The largest absolute Gasteiger partial charge is 0.459 e. The van der Waals surface area contributed by atoms with Gasteiger partial charge in [0.2, 0.25) is 5.91 Å². The molecular weight excluding hydrogens is 301 g/mol. The van der Waals surface area contributed by atoms with Crippen LogP contribution < -0.4 is 5.32 Å². The van der Waals surface area contributed by atoms with Crippen LogP contribution in [0.15, 0.2) is 30.3 Å². The summed E-state index contributed by atoms with van der Waals surface area (Å²) in [5.41, 5.74) is 0.876. The molecule has 0 aliphatic rings. The van der Waals surface area contributed by atoms with Gasteiger partial charge in [-0.25, -0.2) is 9.18 Å². The Labute approximate surface area is 136 Å². The van der Waals surface area contributed by atoms with Crippen molar-refractivity contribution in [1.29, 1.82) is 0 Å². The van der Waals surface area contributed by atoms with E-state index in [9.17, 15) is 14.0 Å². The fraction of sp³-hybridized carbons (Fsp3) is 0.529. The molecule has 0 aliphatic heterocycles. The highest BCUT2D eigenvalue weighted by molar-refractivity contribution is 5.85. The monoisotopic (exact) mass is 325 g/mol. The van der Waals surface area contributed by atoms with Gasteiger partial charge in [0.1, 0.15) is 25.9 Å². The average Bonchev–Trinajstić information content (AvgIpc) is 2.58. The molecular formula is C17H24FNO4. The zero-order valence-electron chi connectivity index (χ0n) is 13.6. The van der Waals surface area contributed by atoms with Crippen LogP contribution in [0.1, 0.15) is 25.8 Å². The third-order valence-corrected chi connectivity index (χ3v) is 3.46. The standard InChI is InChI=1S/C17H24FNO4/c1-3-13(2)16(19-15(20)12-22-10-9-18)17(21)23-11-14-7-5-4-6-8-14/h4-8,13,16H,3,9-12H2,1-2H3,(H,19,20). The Morgan fingerprint density at radius 3 is 2.57 bits per heavy atom. The molecule has 0 saturated heterocycles. The van der Waals surface area contributed by atoms with E-state index in [1.807, 2.05) is 44.2 Å². The van der Waals surface area contributed by atoms with Gasteiger partial charge < -0.3 is 14.8 Å². The molecule has 0 bridgehead atoms. The molecule has 5 nitrogen and oxygen atoms in total. The number of nitrogens with one attached hydrogen (secondary N) is 1. The van der Waals surface area contributed by atoms with E-state index in [1.54, 1.807) is 0 Å². The summed E-state index contributed by atoms with van der Waals surface area (Å²) in [6.45, 7) is 2.87. The summed E-state index contributed by atoms with van der Waals surface area (Å²) in [6, 6.07) is 8.57. The molecule has 128 valence electrons. The molecule has 6 heteroatoms. The lowest BCUT2D eigenvalue weighted by Gasteiger charge is -2.22. The average molecular weight is 325 g/mol. The highest BCUT2D eigenvalue weighted by atomic mass is 19.1. The number of rotatable bonds is 10. The van der Waals surface area contributed by atoms with Gasteiger partial charge in [0, 0.05) is 0 Å². The summed E-state index contributed by atoms with van der Waals surface area (Å²) in [4.78, 5) is 24.0. The highest BCUT2D eigenvalue weighted by Gasteiger charge is 2.27. The summed E-state index contributed by atoms with van der Waals surface area (Å²) in [6.07, 6.45) is 0.705. The number of halogens is 1. The van der Waals surface area contributed by atoms with Crippen molar-refractivity contribution < 1.29 is 23.5 Å². The van der Waals surface area contributed by atoms with Crippen molar-refractivity contribution in [3.8, 4) is 0 Å². The second kappa shape index (κ2) is 10.7. The minimum Gasteiger partial charge on any atom is -0.459 e. The Bertz CT molecular complexity index is 481. The molecule has 0 fully saturated rings. The molecule has 2 atom stereocenters. The summed E-state index contributed by atoms with van der Waals surface area (Å²) >= 11 is 0. The fourth-order valence-electron chi connectivity index (χ4n) is 1.92. The van der Waals surface area contributed by atoms with Gasteiger partial charge in [-0.1, -0.05) is 50.6 Å². The Morgan fingerprint density at radius 1 is 1.26 bits per heavy atom. The Hall–Kier alpha value is -1.95. The SMILES string of the molecule is CCC(C)C(NC(=O)COCCF)C(=O)OCc1ccccc1. The van der Waals surface area contributed by atoms with Crippen LogP contribution in [0.3, 0.4) is 0 Å². The van der Waals surface area contributed by atoms with Gasteiger partial charge in [-0.05, 0) is 11.5 Å². The normalized spacial score (nSPS) is 13.2. The molecule has 0 aliphatic carbocycles. The molecule has 1 aromatic carbocycles. The number of benzene rings is 1. The van der Waals surface area contributed by atoms with Crippen LogP contribution in [-0.2, 0) is 25.7 Å². The maximum Gasteiger partial charge on any atom is 0.329 e. The maximum absolute atomic E-state index is 12.2. The molecule has 0 aromatic heterocycles. The van der Waals surface area contributed by atoms with Crippen molar-refractivity contribution in [1.82, 2.24) is 5.32 Å². The van der Waals surface area contributed by atoms with Gasteiger partial charge in [0.05, 0.1) is 6.61 Å². The lowest BCUT2D eigenvalue weighted by atomic mass is 9.99. The highest BCUT2D eigenvalue weighted by Crippen LogP contribution is 2.11. The first kappa shape index (κ1) is 19.1.